The van der Waals surface area contributed by atoms with Crippen molar-refractivity contribution < 1.29 is 32.5 Å². The molecule has 0 unspecified atom stereocenters. The number of likely N-dealkylation sites (N-methyl/N-ethyl adjacent to an activating group) is 1. The Kier molecular flexibility index (Phi) is 7.34. The molecule has 0 atom stereocenters. The van der Waals surface area contributed by atoms with Crippen LogP contribution in [0.5, 0.6) is 17.5 Å². The Morgan fingerprint density at radius 3 is 2.48 bits per heavy atom. The summed E-state index contributed by atoms with van der Waals surface area (Å²) in [6.45, 7) is 0.607. The molecule has 8 nitrogen and oxygen atoms in total. The molecule has 3 aromatic rings. The van der Waals surface area contributed by atoms with Crippen molar-refractivity contribution in [2.24, 2.45) is 5.73 Å². The summed E-state index contributed by atoms with van der Waals surface area (Å²) in [5.41, 5.74) is 6.13. The van der Waals surface area contributed by atoms with Gasteiger partial charge in [0.1, 0.15) is 11.5 Å². The maximum absolute atomic E-state index is 12.6. The topological polar surface area (TPSA) is 103 Å². The van der Waals surface area contributed by atoms with E-state index >= 15 is 0 Å². The van der Waals surface area contributed by atoms with Crippen LogP contribution in [0, 0.1) is 0 Å². The number of carboxylic acid groups (broad SMARTS) is 1. The molecule has 0 radical (unpaired) electrons. The average Bonchev–Trinajstić information content (AvgIpc) is 3.07. The van der Waals surface area contributed by atoms with E-state index in [0.717, 1.165) is 12.1 Å². The minimum Gasteiger partial charge on any atom is -0.476 e. The maximum Gasteiger partial charge on any atom is 0.573 e. The predicted molar refractivity (Wildman–Crippen MR) is 115 cm³/mol. The van der Waals surface area contributed by atoms with E-state index in [2.05, 4.69) is 9.72 Å². The monoisotopic (exact) mass is 484 g/mol. The fourth-order valence-corrected chi connectivity index (χ4v) is 3.16. The van der Waals surface area contributed by atoms with Gasteiger partial charge in [-0.15, -0.1) is 13.2 Å². The zero-order chi connectivity index (χ0) is 24.2. The Morgan fingerprint density at radius 1 is 1.21 bits per heavy atom. The molecule has 0 bridgehead atoms. The largest absolute Gasteiger partial charge is 0.573 e. The molecule has 0 fully saturated rings. The molecule has 0 aliphatic heterocycles. The molecule has 12 heteroatoms. The third-order valence-electron chi connectivity index (χ3n) is 4.44. The van der Waals surface area contributed by atoms with E-state index in [4.69, 9.17) is 22.1 Å². The summed E-state index contributed by atoms with van der Waals surface area (Å²) < 4.78 is 48.7. The number of hydrogen-bond donors (Lipinski definition) is 2. The molecule has 0 aliphatic carbocycles. The smallest absolute Gasteiger partial charge is 0.476 e. The number of imidazole rings is 1. The van der Waals surface area contributed by atoms with Gasteiger partial charge in [-0.05, 0) is 29.8 Å². The lowest BCUT2D eigenvalue weighted by Crippen LogP contribution is -2.27. The standard InChI is InChI=1S/C21H20ClF3N4O4/c1-28(10-9-26)18-17(19(30)31)29(12-13-5-7-14(22)8-6-13)20(27-18)32-15-3-2-4-16(11-15)33-21(23,24)25/h2-8,11H,9-10,12,26H2,1H3,(H,30,31). The molecule has 0 saturated heterocycles. The van der Waals surface area contributed by atoms with Crippen LogP contribution in [0.3, 0.4) is 0 Å². The second kappa shape index (κ2) is 10.0. The molecule has 33 heavy (non-hydrogen) atoms. The molecule has 3 N–H and O–H groups in total. The van der Waals surface area contributed by atoms with Gasteiger partial charge >= 0.3 is 18.3 Å². The molecular formula is C21H20ClF3N4O4. The third kappa shape index (κ3) is 6.30. The molecule has 0 amide bonds. The Balaban J connectivity index is 2.05. The molecule has 176 valence electrons. The quantitative estimate of drug-likeness (QED) is 0.465. The van der Waals surface area contributed by atoms with Crippen LogP contribution in [0.25, 0.3) is 0 Å². The molecule has 0 aliphatic rings. The fourth-order valence-electron chi connectivity index (χ4n) is 3.03. The van der Waals surface area contributed by atoms with Gasteiger partial charge in [-0.2, -0.15) is 4.98 Å². The van der Waals surface area contributed by atoms with Crippen molar-refractivity contribution in [3.8, 4) is 17.5 Å². The highest BCUT2D eigenvalue weighted by Crippen LogP contribution is 2.32. The number of carbonyl (C=O) groups is 1. The minimum atomic E-state index is -4.87. The first-order valence-corrected chi connectivity index (χ1v) is 9.98. The molecule has 0 saturated carbocycles. The second-order valence-electron chi connectivity index (χ2n) is 6.92. The van der Waals surface area contributed by atoms with Crippen molar-refractivity contribution in [2.75, 3.05) is 25.0 Å². The van der Waals surface area contributed by atoms with Crippen molar-refractivity contribution in [3.63, 3.8) is 0 Å². The number of aromatic nitrogens is 2. The molecule has 3 rings (SSSR count). The van der Waals surface area contributed by atoms with Gasteiger partial charge in [0.25, 0.3) is 0 Å². The zero-order valence-corrected chi connectivity index (χ0v) is 18.1. The number of halogens is 4. The lowest BCUT2D eigenvalue weighted by molar-refractivity contribution is -0.274. The Labute approximate surface area is 191 Å². The number of nitrogens with two attached hydrogens (primary N) is 1. The zero-order valence-electron chi connectivity index (χ0n) is 17.3. The first-order valence-electron chi connectivity index (χ1n) is 9.60. The number of alkyl halides is 3. The number of anilines is 1. The predicted octanol–water partition coefficient (Wildman–Crippen LogP) is 4.37. The average molecular weight is 485 g/mol. The fraction of sp³-hybridized carbons (Fsp3) is 0.238. The summed E-state index contributed by atoms with van der Waals surface area (Å²) in [5, 5.41) is 10.4. The maximum atomic E-state index is 12.6. The lowest BCUT2D eigenvalue weighted by Gasteiger charge is -2.16. The van der Waals surface area contributed by atoms with E-state index in [-0.39, 0.29) is 36.4 Å². The van der Waals surface area contributed by atoms with Crippen molar-refractivity contribution in [2.45, 2.75) is 12.9 Å². The number of rotatable bonds is 9. The van der Waals surface area contributed by atoms with Crippen molar-refractivity contribution in [1.82, 2.24) is 9.55 Å². The van der Waals surface area contributed by atoms with Gasteiger partial charge in [0, 0.05) is 31.2 Å². The SMILES string of the molecule is CN(CCN)c1nc(Oc2cccc(OC(F)(F)F)c2)n(Cc2ccc(Cl)cc2)c1C(=O)O. The van der Waals surface area contributed by atoms with Crippen LogP contribution in [-0.2, 0) is 6.54 Å². The number of carboxylic acids is 1. The minimum absolute atomic E-state index is 0.0240. The van der Waals surface area contributed by atoms with Gasteiger partial charge in [0.15, 0.2) is 11.5 Å². The molecule has 0 spiro atoms. The van der Waals surface area contributed by atoms with Crippen molar-refractivity contribution >= 4 is 23.4 Å². The molecule has 1 heterocycles. The van der Waals surface area contributed by atoms with Crippen LogP contribution < -0.4 is 20.1 Å². The highest BCUT2D eigenvalue weighted by Gasteiger charge is 2.31. The summed E-state index contributed by atoms with van der Waals surface area (Å²) in [7, 11) is 1.62. The lowest BCUT2D eigenvalue weighted by atomic mass is 10.2. The van der Waals surface area contributed by atoms with Crippen LogP contribution in [0.2, 0.25) is 5.02 Å². The number of nitrogens with zero attached hydrogens (tertiary/aromatic N) is 3. The Morgan fingerprint density at radius 2 is 1.88 bits per heavy atom. The molecular weight excluding hydrogens is 465 g/mol. The summed E-state index contributed by atoms with van der Waals surface area (Å²) in [6, 6.07) is 11.4. The Bertz CT molecular complexity index is 1120. The van der Waals surface area contributed by atoms with Crippen LogP contribution in [-0.4, -0.2) is 47.1 Å². The van der Waals surface area contributed by atoms with E-state index in [1.165, 1.54) is 16.7 Å². The number of benzene rings is 2. The van der Waals surface area contributed by atoms with Crippen LogP contribution >= 0.6 is 11.6 Å². The van der Waals surface area contributed by atoms with E-state index in [1.807, 2.05) is 0 Å². The van der Waals surface area contributed by atoms with E-state index in [1.54, 1.807) is 36.2 Å². The number of ether oxygens (including phenoxy) is 2. The number of aromatic carboxylic acids is 1. The van der Waals surface area contributed by atoms with Gasteiger partial charge < -0.3 is 25.2 Å². The molecule has 1 aromatic heterocycles. The summed E-state index contributed by atoms with van der Waals surface area (Å²) in [5.74, 6) is -1.68. The highest BCUT2D eigenvalue weighted by atomic mass is 35.5. The summed E-state index contributed by atoms with van der Waals surface area (Å²) >= 11 is 5.93. The van der Waals surface area contributed by atoms with E-state index < -0.39 is 18.1 Å². The van der Waals surface area contributed by atoms with Gasteiger partial charge in [-0.1, -0.05) is 29.8 Å². The van der Waals surface area contributed by atoms with Crippen molar-refractivity contribution in [1.29, 1.82) is 0 Å². The summed E-state index contributed by atoms with van der Waals surface area (Å²) in [6.07, 6.45) is -4.87. The molecule has 2 aromatic carbocycles. The van der Waals surface area contributed by atoms with Gasteiger partial charge in [-0.25, -0.2) is 4.79 Å². The highest BCUT2D eigenvalue weighted by molar-refractivity contribution is 6.30. The Hall–Kier alpha value is -3.44. The first kappa shape index (κ1) is 24.2. The van der Waals surface area contributed by atoms with Gasteiger partial charge in [0.05, 0.1) is 6.54 Å². The summed E-state index contributed by atoms with van der Waals surface area (Å²) in [4.78, 5) is 18.0. The van der Waals surface area contributed by atoms with Gasteiger partial charge in [0.2, 0.25) is 0 Å². The van der Waals surface area contributed by atoms with Crippen molar-refractivity contribution in [3.05, 3.63) is 64.8 Å². The van der Waals surface area contributed by atoms with Crippen LogP contribution in [0.1, 0.15) is 16.1 Å². The number of hydrogen-bond acceptors (Lipinski definition) is 6. The van der Waals surface area contributed by atoms with E-state index in [9.17, 15) is 23.1 Å². The van der Waals surface area contributed by atoms with Crippen LogP contribution in [0.4, 0.5) is 19.0 Å². The van der Waals surface area contributed by atoms with Gasteiger partial charge in [-0.3, -0.25) is 4.57 Å². The normalized spacial score (nSPS) is 11.3. The second-order valence-corrected chi connectivity index (χ2v) is 7.36. The third-order valence-corrected chi connectivity index (χ3v) is 4.70. The van der Waals surface area contributed by atoms with Crippen LogP contribution in [0.15, 0.2) is 48.5 Å². The van der Waals surface area contributed by atoms with E-state index in [0.29, 0.717) is 17.1 Å². The first-order chi connectivity index (χ1) is 15.6.